The Bertz CT molecular complexity index is 327. The van der Waals surface area contributed by atoms with Crippen molar-refractivity contribution in [2.45, 2.75) is 38.3 Å². The minimum absolute atomic E-state index is 0.299. The number of hydrogen-bond acceptors (Lipinski definition) is 3. The Kier molecular flexibility index (Phi) is 4.66. The predicted octanol–water partition coefficient (Wildman–Crippen LogP) is 2.52. The third kappa shape index (κ3) is 3.21. The lowest BCUT2D eigenvalue weighted by molar-refractivity contribution is 0.151. The third-order valence-electron chi connectivity index (χ3n) is 3.31. The molecule has 2 rings (SSSR count). The van der Waals surface area contributed by atoms with Gasteiger partial charge in [-0.2, -0.15) is 0 Å². The molecule has 2 atom stereocenters. The van der Waals surface area contributed by atoms with Crippen molar-refractivity contribution in [2.75, 3.05) is 6.61 Å². The SMILES string of the molecule is OCC1CCCCC1NCc1ccc(I)o1. The molecule has 0 aliphatic heterocycles. The third-order valence-corrected chi connectivity index (χ3v) is 3.89. The van der Waals surface area contributed by atoms with Crippen molar-refractivity contribution in [1.29, 1.82) is 0 Å². The van der Waals surface area contributed by atoms with Gasteiger partial charge in [0.1, 0.15) is 5.76 Å². The van der Waals surface area contributed by atoms with Crippen LogP contribution in [-0.2, 0) is 6.54 Å². The second-order valence-corrected chi connectivity index (χ2v) is 5.48. The van der Waals surface area contributed by atoms with Crippen LogP contribution in [0.4, 0.5) is 0 Å². The highest BCUT2D eigenvalue weighted by molar-refractivity contribution is 14.1. The molecular weight excluding hydrogens is 317 g/mol. The van der Waals surface area contributed by atoms with Crippen molar-refractivity contribution in [2.24, 2.45) is 5.92 Å². The van der Waals surface area contributed by atoms with Crippen LogP contribution >= 0.6 is 22.6 Å². The summed E-state index contributed by atoms with van der Waals surface area (Å²) >= 11 is 2.17. The number of nitrogens with one attached hydrogen (secondary N) is 1. The molecule has 0 saturated heterocycles. The smallest absolute Gasteiger partial charge is 0.164 e. The summed E-state index contributed by atoms with van der Waals surface area (Å²) in [6.07, 6.45) is 4.83. The Morgan fingerprint density at radius 3 is 2.88 bits per heavy atom. The second-order valence-electron chi connectivity index (χ2n) is 4.42. The summed E-state index contributed by atoms with van der Waals surface area (Å²) in [6.45, 7) is 1.07. The Labute approximate surface area is 110 Å². The van der Waals surface area contributed by atoms with Gasteiger partial charge in [-0.3, -0.25) is 0 Å². The first kappa shape index (κ1) is 12.4. The standard InChI is InChI=1S/C12H18INO2/c13-12-6-5-10(16-12)7-14-11-4-2-1-3-9(11)8-15/h5-6,9,11,14-15H,1-4,7-8H2. The van der Waals surface area contributed by atoms with Crippen LogP contribution in [0.5, 0.6) is 0 Å². The highest BCUT2D eigenvalue weighted by atomic mass is 127. The summed E-state index contributed by atoms with van der Waals surface area (Å²) in [5.74, 6) is 1.40. The van der Waals surface area contributed by atoms with Gasteiger partial charge in [-0.05, 0) is 53.5 Å². The van der Waals surface area contributed by atoms with Crippen LogP contribution < -0.4 is 5.32 Å². The fraction of sp³-hybridized carbons (Fsp3) is 0.667. The lowest BCUT2D eigenvalue weighted by Gasteiger charge is -2.30. The first-order valence-corrected chi connectivity index (χ1v) is 6.96. The number of furan rings is 1. The Morgan fingerprint density at radius 1 is 1.38 bits per heavy atom. The van der Waals surface area contributed by atoms with Crippen molar-refractivity contribution >= 4 is 22.6 Å². The molecule has 3 nitrogen and oxygen atoms in total. The van der Waals surface area contributed by atoms with Gasteiger partial charge in [0.05, 0.1) is 6.54 Å². The molecule has 1 heterocycles. The number of aliphatic hydroxyl groups excluding tert-OH is 1. The minimum atomic E-state index is 0.299. The summed E-state index contributed by atoms with van der Waals surface area (Å²) in [6, 6.07) is 4.43. The molecule has 0 bridgehead atoms. The van der Waals surface area contributed by atoms with E-state index in [0.717, 1.165) is 22.5 Å². The Balaban J connectivity index is 1.84. The molecule has 1 aliphatic rings. The first-order chi connectivity index (χ1) is 7.79. The summed E-state index contributed by atoms with van der Waals surface area (Å²) in [7, 11) is 0. The van der Waals surface area contributed by atoms with Crippen LogP contribution in [0.15, 0.2) is 16.5 Å². The van der Waals surface area contributed by atoms with Crippen molar-refractivity contribution in [1.82, 2.24) is 5.32 Å². The molecule has 1 aliphatic carbocycles. The maximum atomic E-state index is 9.30. The van der Waals surface area contributed by atoms with Crippen LogP contribution in [-0.4, -0.2) is 17.8 Å². The molecule has 0 aromatic carbocycles. The molecule has 16 heavy (non-hydrogen) atoms. The van der Waals surface area contributed by atoms with Crippen LogP contribution in [0, 0.1) is 9.68 Å². The minimum Gasteiger partial charge on any atom is -0.454 e. The monoisotopic (exact) mass is 335 g/mol. The second kappa shape index (κ2) is 6.02. The van der Waals surface area contributed by atoms with E-state index in [1.54, 1.807) is 0 Å². The number of hydrogen-bond donors (Lipinski definition) is 2. The average molecular weight is 335 g/mol. The molecule has 90 valence electrons. The molecule has 4 heteroatoms. The van der Waals surface area contributed by atoms with Crippen molar-refractivity contribution in [3.05, 3.63) is 21.7 Å². The van der Waals surface area contributed by atoms with E-state index in [1.165, 1.54) is 19.3 Å². The van der Waals surface area contributed by atoms with Crippen LogP contribution in [0.3, 0.4) is 0 Å². The van der Waals surface area contributed by atoms with Gasteiger partial charge in [0.15, 0.2) is 3.77 Å². The summed E-state index contributed by atoms with van der Waals surface area (Å²) in [4.78, 5) is 0. The van der Waals surface area contributed by atoms with Gasteiger partial charge in [0, 0.05) is 12.6 Å². The summed E-state index contributed by atoms with van der Waals surface area (Å²) < 4.78 is 6.43. The lowest BCUT2D eigenvalue weighted by Crippen LogP contribution is -2.39. The van der Waals surface area contributed by atoms with Gasteiger partial charge < -0.3 is 14.8 Å². The molecular formula is C12H18INO2. The van der Waals surface area contributed by atoms with Crippen LogP contribution in [0.1, 0.15) is 31.4 Å². The lowest BCUT2D eigenvalue weighted by atomic mass is 9.85. The molecule has 0 radical (unpaired) electrons. The van der Waals surface area contributed by atoms with E-state index in [1.807, 2.05) is 12.1 Å². The summed E-state index contributed by atoms with van der Waals surface area (Å²) in [5, 5.41) is 12.8. The summed E-state index contributed by atoms with van der Waals surface area (Å²) in [5.41, 5.74) is 0. The van der Waals surface area contributed by atoms with Gasteiger partial charge in [-0.1, -0.05) is 12.8 Å². The number of aliphatic hydroxyl groups is 1. The highest BCUT2D eigenvalue weighted by Crippen LogP contribution is 2.24. The molecule has 0 amide bonds. The quantitative estimate of drug-likeness (QED) is 0.832. The van der Waals surface area contributed by atoms with E-state index in [-0.39, 0.29) is 0 Å². The van der Waals surface area contributed by atoms with Gasteiger partial charge in [-0.25, -0.2) is 0 Å². The van der Waals surface area contributed by atoms with Crippen molar-refractivity contribution < 1.29 is 9.52 Å². The average Bonchev–Trinajstić information content (AvgIpc) is 2.73. The molecule has 1 saturated carbocycles. The maximum absolute atomic E-state index is 9.30. The van der Waals surface area contributed by atoms with Gasteiger partial charge in [0.2, 0.25) is 0 Å². The fourth-order valence-electron chi connectivity index (χ4n) is 2.37. The Hall–Kier alpha value is -0.0700. The van der Waals surface area contributed by atoms with Gasteiger partial charge >= 0.3 is 0 Å². The molecule has 0 spiro atoms. The van der Waals surface area contributed by atoms with Crippen LogP contribution in [0.2, 0.25) is 0 Å². The zero-order valence-electron chi connectivity index (χ0n) is 9.29. The van der Waals surface area contributed by atoms with E-state index in [2.05, 4.69) is 27.9 Å². The highest BCUT2D eigenvalue weighted by Gasteiger charge is 2.23. The van der Waals surface area contributed by atoms with E-state index in [0.29, 0.717) is 18.6 Å². The van der Waals surface area contributed by atoms with Crippen LogP contribution in [0.25, 0.3) is 0 Å². The van der Waals surface area contributed by atoms with E-state index < -0.39 is 0 Å². The molecule has 1 fully saturated rings. The van der Waals surface area contributed by atoms with Crippen molar-refractivity contribution in [3.63, 3.8) is 0 Å². The maximum Gasteiger partial charge on any atom is 0.164 e. The number of rotatable bonds is 4. The first-order valence-electron chi connectivity index (χ1n) is 5.88. The largest absolute Gasteiger partial charge is 0.454 e. The molecule has 1 aromatic rings. The zero-order valence-corrected chi connectivity index (χ0v) is 11.4. The van der Waals surface area contributed by atoms with Crippen molar-refractivity contribution in [3.8, 4) is 0 Å². The van der Waals surface area contributed by atoms with E-state index >= 15 is 0 Å². The molecule has 2 unspecified atom stereocenters. The van der Waals surface area contributed by atoms with Gasteiger partial charge in [-0.15, -0.1) is 0 Å². The van der Waals surface area contributed by atoms with Gasteiger partial charge in [0.25, 0.3) is 0 Å². The predicted molar refractivity (Wildman–Crippen MR) is 71.1 cm³/mol. The fourth-order valence-corrected chi connectivity index (χ4v) is 2.84. The Morgan fingerprint density at radius 2 is 2.19 bits per heavy atom. The topological polar surface area (TPSA) is 45.4 Å². The van der Waals surface area contributed by atoms with E-state index in [9.17, 15) is 5.11 Å². The molecule has 2 N–H and O–H groups in total. The normalized spacial score (nSPS) is 25.9. The van der Waals surface area contributed by atoms with E-state index in [4.69, 9.17) is 4.42 Å². The molecule has 1 aromatic heterocycles. The number of halogens is 1. The zero-order chi connectivity index (χ0) is 11.4.